The Bertz CT molecular complexity index is 980. The average molecular weight is 388 g/mol. The number of benzene rings is 2. The largest absolute Gasteiger partial charge is 0.379 e. The molecular weight excluding hydrogens is 362 g/mol. The highest BCUT2D eigenvalue weighted by atomic mass is 32.2. The molecule has 2 aromatic rings. The molecule has 1 aliphatic rings. The van der Waals surface area contributed by atoms with Gasteiger partial charge in [-0.2, -0.15) is 8.42 Å². The van der Waals surface area contributed by atoms with Gasteiger partial charge in [-0.05, 0) is 66.6 Å². The van der Waals surface area contributed by atoms with E-state index in [-0.39, 0.29) is 16.7 Å². The zero-order chi connectivity index (χ0) is 19.8. The predicted octanol–water partition coefficient (Wildman–Crippen LogP) is 4.19. The minimum Gasteiger partial charge on any atom is -0.379 e. The van der Waals surface area contributed by atoms with E-state index in [0.717, 1.165) is 35.2 Å². The molecule has 1 aliphatic heterocycles. The first kappa shape index (κ1) is 19.4. The normalized spacial score (nSPS) is 14.2. The van der Waals surface area contributed by atoms with E-state index in [1.54, 1.807) is 23.1 Å². The van der Waals surface area contributed by atoms with Crippen molar-refractivity contribution < 1.29 is 17.4 Å². The minimum absolute atomic E-state index is 0.0380. The lowest BCUT2D eigenvalue weighted by Gasteiger charge is -2.28. The number of hydrogen-bond acceptors (Lipinski definition) is 4. The third-order valence-electron chi connectivity index (χ3n) is 4.92. The van der Waals surface area contributed by atoms with Crippen LogP contribution >= 0.6 is 0 Å². The summed E-state index contributed by atoms with van der Waals surface area (Å²) in [6.07, 6.45) is 1.55. The van der Waals surface area contributed by atoms with Crippen LogP contribution in [0.3, 0.4) is 0 Å². The molecule has 5 nitrogen and oxygen atoms in total. The van der Waals surface area contributed by atoms with Crippen LogP contribution in [-0.2, 0) is 21.3 Å². The average Bonchev–Trinajstić information content (AvgIpc) is 2.62. The summed E-state index contributed by atoms with van der Waals surface area (Å²) in [6.45, 7) is 8.10. The van der Waals surface area contributed by atoms with Gasteiger partial charge in [-0.3, -0.25) is 4.79 Å². The van der Waals surface area contributed by atoms with Crippen molar-refractivity contribution in [1.29, 1.82) is 0 Å². The Kier molecular flexibility index (Phi) is 5.29. The van der Waals surface area contributed by atoms with Gasteiger partial charge in [0, 0.05) is 19.2 Å². The summed E-state index contributed by atoms with van der Waals surface area (Å²) in [7, 11) is -3.95. The van der Waals surface area contributed by atoms with Crippen molar-refractivity contribution in [1.82, 2.24) is 0 Å². The summed E-state index contributed by atoms with van der Waals surface area (Å²) in [5.41, 5.74) is 3.43. The molecule has 3 rings (SSSR count). The van der Waals surface area contributed by atoms with Gasteiger partial charge in [0.15, 0.2) is 0 Å². The van der Waals surface area contributed by atoms with Crippen LogP contribution in [0.4, 0.5) is 5.69 Å². The smallest absolute Gasteiger partial charge is 0.339 e. The van der Waals surface area contributed by atoms with Crippen molar-refractivity contribution in [3.8, 4) is 5.75 Å². The summed E-state index contributed by atoms with van der Waals surface area (Å²) < 4.78 is 31.1. The van der Waals surface area contributed by atoms with Gasteiger partial charge in [-0.15, -0.1) is 0 Å². The minimum atomic E-state index is -3.95. The first-order valence-corrected chi connectivity index (χ1v) is 10.6. The topological polar surface area (TPSA) is 63.7 Å². The Morgan fingerprint density at radius 2 is 1.89 bits per heavy atom. The Labute approximate surface area is 161 Å². The second kappa shape index (κ2) is 7.35. The summed E-state index contributed by atoms with van der Waals surface area (Å²) in [4.78, 5) is 13.6. The molecule has 1 amide bonds. The van der Waals surface area contributed by atoms with Crippen LogP contribution in [0.1, 0.15) is 49.8 Å². The van der Waals surface area contributed by atoms with Gasteiger partial charge in [0.1, 0.15) is 10.6 Å². The van der Waals surface area contributed by atoms with Crippen molar-refractivity contribution in [3.63, 3.8) is 0 Å². The fourth-order valence-electron chi connectivity index (χ4n) is 3.29. The van der Waals surface area contributed by atoms with E-state index in [2.05, 4.69) is 0 Å². The summed E-state index contributed by atoms with van der Waals surface area (Å²) in [5, 5.41) is 0. The van der Waals surface area contributed by atoms with Crippen molar-refractivity contribution >= 4 is 21.7 Å². The maximum atomic E-state index is 12.8. The SMILES string of the molecule is CC(=O)N1CCCc2cc(S(=O)(=O)Oc3cc(C(C)C)ccc3C)ccc21. The van der Waals surface area contributed by atoms with Gasteiger partial charge in [0.25, 0.3) is 0 Å². The van der Waals surface area contributed by atoms with E-state index >= 15 is 0 Å². The Balaban J connectivity index is 1.95. The summed E-state index contributed by atoms with van der Waals surface area (Å²) in [6, 6.07) is 10.5. The molecule has 27 heavy (non-hydrogen) atoms. The second-order valence-electron chi connectivity index (χ2n) is 7.28. The van der Waals surface area contributed by atoms with E-state index in [4.69, 9.17) is 4.18 Å². The van der Waals surface area contributed by atoms with Crippen LogP contribution in [0.5, 0.6) is 5.75 Å². The van der Waals surface area contributed by atoms with Crippen molar-refractivity contribution in [2.24, 2.45) is 0 Å². The Hall–Kier alpha value is -2.34. The number of rotatable bonds is 4. The molecule has 0 radical (unpaired) electrons. The lowest BCUT2D eigenvalue weighted by atomic mass is 10.0. The zero-order valence-electron chi connectivity index (χ0n) is 16.2. The molecule has 0 spiro atoms. The van der Waals surface area contributed by atoms with Gasteiger partial charge in [-0.25, -0.2) is 0 Å². The second-order valence-corrected chi connectivity index (χ2v) is 8.83. The van der Waals surface area contributed by atoms with Crippen molar-refractivity contribution in [2.75, 3.05) is 11.4 Å². The fourth-order valence-corrected chi connectivity index (χ4v) is 4.32. The van der Waals surface area contributed by atoms with Crippen LogP contribution in [0.2, 0.25) is 0 Å². The standard InChI is InChI=1S/C21H25NO4S/c1-14(2)17-8-7-15(3)21(13-17)26-27(24,25)19-9-10-20-18(12-19)6-5-11-22(20)16(4)23/h7-10,12-14H,5-6,11H2,1-4H3. The predicted molar refractivity (Wildman–Crippen MR) is 106 cm³/mol. The zero-order valence-corrected chi connectivity index (χ0v) is 17.0. The van der Waals surface area contributed by atoms with E-state index in [1.165, 1.54) is 13.0 Å². The molecule has 0 saturated carbocycles. The molecule has 0 atom stereocenters. The van der Waals surface area contributed by atoms with Crippen molar-refractivity contribution in [3.05, 3.63) is 53.1 Å². The first-order valence-electron chi connectivity index (χ1n) is 9.15. The van der Waals surface area contributed by atoms with E-state index in [1.807, 2.05) is 32.9 Å². The van der Waals surface area contributed by atoms with Crippen molar-refractivity contribution in [2.45, 2.75) is 51.3 Å². The molecule has 1 heterocycles. The fraction of sp³-hybridized carbons (Fsp3) is 0.381. The van der Waals surface area contributed by atoms with E-state index in [0.29, 0.717) is 12.3 Å². The lowest BCUT2D eigenvalue weighted by molar-refractivity contribution is -0.116. The molecule has 0 unspecified atom stereocenters. The molecule has 6 heteroatoms. The van der Waals surface area contributed by atoms with Gasteiger partial charge < -0.3 is 9.08 Å². The van der Waals surface area contributed by atoms with E-state index < -0.39 is 10.1 Å². The summed E-state index contributed by atoms with van der Waals surface area (Å²) >= 11 is 0. The lowest BCUT2D eigenvalue weighted by Crippen LogP contribution is -2.33. The quantitative estimate of drug-likeness (QED) is 0.738. The number of amides is 1. The Morgan fingerprint density at radius 1 is 1.15 bits per heavy atom. The van der Waals surface area contributed by atoms with Crippen LogP contribution in [0.25, 0.3) is 0 Å². The van der Waals surface area contributed by atoms with Gasteiger partial charge in [-0.1, -0.05) is 26.0 Å². The van der Waals surface area contributed by atoms with Crippen LogP contribution in [0.15, 0.2) is 41.3 Å². The molecule has 144 valence electrons. The maximum absolute atomic E-state index is 12.8. The number of nitrogens with zero attached hydrogens (tertiary/aromatic N) is 1. The third kappa shape index (κ3) is 4.00. The van der Waals surface area contributed by atoms with E-state index in [9.17, 15) is 13.2 Å². The van der Waals surface area contributed by atoms with Crippen LogP contribution in [-0.4, -0.2) is 20.9 Å². The number of carbonyl (C=O) groups is 1. The first-order chi connectivity index (χ1) is 12.7. The Morgan fingerprint density at radius 3 is 2.56 bits per heavy atom. The molecule has 2 aromatic carbocycles. The highest BCUT2D eigenvalue weighted by Gasteiger charge is 2.24. The monoisotopic (exact) mass is 387 g/mol. The highest BCUT2D eigenvalue weighted by Crippen LogP contribution is 2.32. The van der Waals surface area contributed by atoms with Gasteiger partial charge in [0.05, 0.1) is 0 Å². The molecule has 0 aromatic heterocycles. The van der Waals surface area contributed by atoms with Crippen LogP contribution < -0.4 is 9.08 Å². The molecule has 0 saturated heterocycles. The molecule has 0 aliphatic carbocycles. The molecule has 0 bridgehead atoms. The number of fused-ring (bicyclic) bond motifs is 1. The number of anilines is 1. The number of hydrogen-bond donors (Lipinski definition) is 0. The third-order valence-corrected chi connectivity index (χ3v) is 6.15. The maximum Gasteiger partial charge on any atom is 0.339 e. The van der Waals surface area contributed by atoms with Gasteiger partial charge >= 0.3 is 10.1 Å². The van der Waals surface area contributed by atoms with Crippen LogP contribution in [0, 0.1) is 6.92 Å². The number of aryl methyl sites for hydroxylation is 2. The van der Waals surface area contributed by atoms with Gasteiger partial charge in [0.2, 0.25) is 5.91 Å². The number of carbonyl (C=O) groups excluding carboxylic acids is 1. The molecule has 0 fully saturated rings. The molecule has 0 N–H and O–H groups in total. The summed E-state index contributed by atoms with van der Waals surface area (Å²) in [5.74, 6) is 0.588. The molecular formula is C21H25NO4S. The highest BCUT2D eigenvalue weighted by molar-refractivity contribution is 7.87.